The van der Waals surface area contributed by atoms with Gasteiger partial charge in [-0.05, 0) is 0 Å². The summed E-state index contributed by atoms with van der Waals surface area (Å²) >= 11 is 0. The minimum absolute atomic E-state index is 0.221. The number of primary amides is 1. The fraction of sp³-hybridized carbons (Fsp3) is 0.467. The van der Waals surface area contributed by atoms with Crippen molar-refractivity contribution in [1.29, 1.82) is 0 Å². The van der Waals surface area contributed by atoms with Gasteiger partial charge in [0.25, 0.3) is 0 Å². The summed E-state index contributed by atoms with van der Waals surface area (Å²) in [5.74, 6) is 1.99. The molecule has 1 atom stereocenters. The summed E-state index contributed by atoms with van der Waals surface area (Å²) < 4.78 is 0. The van der Waals surface area contributed by atoms with Crippen molar-refractivity contribution in [2.75, 3.05) is 0 Å². The topological polar surface area (TPSA) is 43.1 Å². The van der Waals surface area contributed by atoms with E-state index in [2.05, 4.69) is 13.0 Å². The Morgan fingerprint density at radius 1 is 1.50 bits per heavy atom. The normalized spacial score (nSPS) is 25.8. The first-order chi connectivity index (χ1) is 8.56. The number of rotatable bonds is 3. The van der Waals surface area contributed by atoms with Crippen LogP contribution in [-0.4, -0.2) is 19.4 Å². The van der Waals surface area contributed by atoms with Gasteiger partial charge in [-0.2, -0.15) is 0 Å². The second-order valence-corrected chi connectivity index (χ2v) is 5.82. The van der Waals surface area contributed by atoms with Crippen LogP contribution in [0.4, 0.5) is 0 Å². The van der Waals surface area contributed by atoms with Crippen LogP contribution in [0, 0.1) is 5.92 Å². The van der Waals surface area contributed by atoms with Crippen molar-refractivity contribution < 1.29 is 4.79 Å². The zero-order valence-corrected chi connectivity index (χ0v) is 10.7. The van der Waals surface area contributed by atoms with Gasteiger partial charge >= 0.3 is 108 Å². The van der Waals surface area contributed by atoms with E-state index in [9.17, 15) is 4.79 Å². The molecule has 2 N–H and O–H groups in total. The van der Waals surface area contributed by atoms with Crippen molar-refractivity contribution in [3.05, 3.63) is 34.4 Å². The second-order valence-electron chi connectivity index (χ2n) is 5.82. The third-order valence-electron chi connectivity index (χ3n) is 4.72. The quantitative estimate of drug-likeness (QED) is 0.800. The number of fused-ring (bicyclic) bond motifs is 1. The average molecular weight is 238 g/mol. The van der Waals surface area contributed by atoms with E-state index in [0.29, 0.717) is 5.56 Å². The predicted octanol–water partition coefficient (Wildman–Crippen LogP) is 1.72. The Morgan fingerprint density at radius 2 is 2.22 bits per heavy atom. The molecule has 3 heteroatoms. The van der Waals surface area contributed by atoms with E-state index in [-0.39, 0.29) is 11.3 Å². The Morgan fingerprint density at radius 3 is 2.78 bits per heavy atom. The molecule has 2 nitrogen and oxygen atoms in total. The fourth-order valence-electron chi connectivity index (χ4n) is 3.45. The molecular weight excluding hydrogens is 221 g/mol. The van der Waals surface area contributed by atoms with Gasteiger partial charge < -0.3 is 0 Å². The number of hydrogen-bond donors (Lipinski definition) is 1. The first-order valence-electron chi connectivity index (χ1n) is 6.58. The average Bonchev–Trinajstić information content (AvgIpc) is 3.15. The first-order valence-corrected chi connectivity index (χ1v) is 6.58. The van der Waals surface area contributed by atoms with Crippen molar-refractivity contribution in [1.82, 2.24) is 0 Å². The van der Waals surface area contributed by atoms with Crippen LogP contribution < -0.4 is 5.73 Å². The molecule has 1 unspecified atom stereocenters. The maximum absolute atomic E-state index is 11.6. The third kappa shape index (κ3) is 1.57. The van der Waals surface area contributed by atoms with Gasteiger partial charge in [-0.15, -0.1) is 0 Å². The number of carbonyl (C=O) groups is 1. The van der Waals surface area contributed by atoms with Crippen molar-refractivity contribution in [2.24, 2.45) is 11.7 Å². The van der Waals surface area contributed by atoms with E-state index in [1.165, 1.54) is 18.4 Å². The zero-order valence-electron chi connectivity index (χ0n) is 10.7. The van der Waals surface area contributed by atoms with Gasteiger partial charge in [0.05, 0.1) is 0 Å². The molecule has 1 aromatic rings. The summed E-state index contributed by atoms with van der Waals surface area (Å²) in [7, 11) is 5.62. The monoisotopic (exact) mass is 238 g/mol. The van der Waals surface area contributed by atoms with Crippen LogP contribution in [-0.2, 0) is 11.8 Å². The van der Waals surface area contributed by atoms with Gasteiger partial charge in [0, 0.05) is 0 Å². The molecule has 1 fully saturated rings. The Bertz CT molecular complexity index is 548. The van der Waals surface area contributed by atoms with Gasteiger partial charge in [0.1, 0.15) is 0 Å². The van der Waals surface area contributed by atoms with Crippen molar-refractivity contribution in [3.8, 4) is 0 Å². The second kappa shape index (κ2) is 3.81. The van der Waals surface area contributed by atoms with Gasteiger partial charge in [0.15, 0.2) is 0 Å². The molecule has 1 amide bonds. The predicted molar refractivity (Wildman–Crippen MR) is 74.3 cm³/mol. The Labute approximate surface area is 109 Å². The molecule has 2 aliphatic carbocycles. The minimum atomic E-state index is -0.338. The van der Waals surface area contributed by atoms with Gasteiger partial charge in [-0.1, -0.05) is 0 Å². The molecule has 18 heavy (non-hydrogen) atoms. The van der Waals surface area contributed by atoms with E-state index >= 15 is 0 Å². The number of benzene rings is 1. The summed E-state index contributed by atoms with van der Waals surface area (Å²) in [6.07, 6.45) is 4.70. The van der Waals surface area contributed by atoms with E-state index in [4.69, 9.17) is 13.2 Å². The number of nitrogens with two attached hydrogens (primary N) is 1. The molecule has 1 saturated carbocycles. The molecule has 0 aromatic heterocycles. The summed E-state index contributed by atoms with van der Waals surface area (Å²) in [4.78, 5) is 11.6. The molecule has 0 saturated heterocycles. The van der Waals surface area contributed by atoms with Gasteiger partial charge in [-0.25, -0.2) is 0 Å². The van der Waals surface area contributed by atoms with E-state index < -0.39 is 0 Å². The van der Waals surface area contributed by atoms with Crippen LogP contribution in [0.1, 0.15) is 53.2 Å². The molecule has 0 heterocycles. The molecule has 1 radical (unpaired) electrons. The van der Waals surface area contributed by atoms with Gasteiger partial charge in [0.2, 0.25) is 0 Å². The molecule has 0 bridgehead atoms. The SMILES string of the molecule is [B]=Cc1cc(C(N)=O)c2c(c1)C(C)(C1CC1)CC2. The van der Waals surface area contributed by atoms with E-state index in [1.54, 1.807) is 5.97 Å². The summed E-state index contributed by atoms with van der Waals surface area (Å²) in [5.41, 5.74) is 9.74. The molecular formula is C15H17BNO. The van der Waals surface area contributed by atoms with Crippen LogP contribution in [0.15, 0.2) is 12.1 Å². The molecule has 3 rings (SSSR count). The van der Waals surface area contributed by atoms with Crippen LogP contribution in [0.3, 0.4) is 0 Å². The van der Waals surface area contributed by atoms with Gasteiger partial charge in [-0.3, -0.25) is 0 Å². The standard InChI is InChI=1S/C15H17BNO/c1-15(10-2-3-10)5-4-11-12(14(17)18)6-9(8-16)7-13(11)15/h6-8,10H,2-5H2,1H3,(H2,17,18). The van der Waals surface area contributed by atoms with Crippen LogP contribution in [0.25, 0.3) is 0 Å². The number of amides is 1. The Kier molecular flexibility index (Phi) is 2.48. The fourth-order valence-corrected chi connectivity index (χ4v) is 3.45. The van der Waals surface area contributed by atoms with Crippen LogP contribution in [0.5, 0.6) is 0 Å². The number of carbonyl (C=O) groups excluding carboxylic acids is 1. The van der Waals surface area contributed by atoms with Crippen molar-refractivity contribution in [2.45, 2.75) is 38.0 Å². The summed E-state index contributed by atoms with van der Waals surface area (Å²) in [5, 5.41) is 0. The summed E-state index contributed by atoms with van der Waals surface area (Å²) in [6, 6.07) is 3.97. The van der Waals surface area contributed by atoms with E-state index in [0.717, 1.165) is 29.9 Å². The molecule has 91 valence electrons. The zero-order chi connectivity index (χ0) is 12.9. The third-order valence-corrected chi connectivity index (χ3v) is 4.72. The Hall–Kier alpha value is -1.38. The summed E-state index contributed by atoms with van der Waals surface area (Å²) in [6.45, 7) is 2.32. The molecule has 0 aliphatic heterocycles. The van der Waals surface area contributed by atoms with Crippen molar-refractivity contribution in [3.63, 3.8) is 0 Å². The maximum atomic E-state index is 11.6. The molecule has 0 spiro atoms. The molecule has 1 aromatic carbocycles. The Balaban J connectivity index is 2.20. The van der Waals surface area contributed by atoms with Crippen LogP contribution >= 0.6 is 0 Å². The number of hydrogen-bond acceptors (Lipinski definition) is 1. The van der Waals surface area contributed by atoms with Crippen molar-refractivity contribution >= 4 is 19.4 Å². The molecule has 2 aliphatic rings. The first kappa shape index (κ1) is 11.7. The van der Waals surface area contributed by atoms with E-state index in [1.807, 2.05) is 6.07 Å². The van der Waals surface area contributed by atoms with Crippen LogP contribution in [0.2, 0.25) is 0 Å².